The molecule has 2 aromatic carbocycles. The van der Waals surface area contributed by atoms with Gasteiger partial charge in [0.15, 0.2) is 0 Å². The lowest BCUT2D eigenvalue weighted by molar-refractivity contribution is -0.137. The first-order valence-corrected chi connectivity index (χ1v) is 8.80. The van der Waals surface area contributed by atoms with E-state index in [1.807, 2.05) is 0 Å². The Bertz CT molecular complexity index is 1030. The largest absolute Gasteiger partial charge is 0.497 e. The van der Waals surface area contributed by atoms with Crippen LogP contribution in [0.4, 0.5) is 13.2 Å². The minimum Gasteiger partial charge on any atom is -0.497 e. The maximum atomic E-state index is 12.8. The van der Waals surface area contributed by atoms with Gasteiger partial charge in [0.1, 0.15) is 5.75 Å². The molecule has 3 rings (SSSR count). The lowest BCUT2D eigenvalue weighted by Crippen LogP contribution is -2.35. The van der Waals surface area contributed by atoms with Crippen molar-refractivity contribution in [2.45, 2.75) is 19.1 Å². The Morgan fingerprint density at radius 2 is 1.90 bits per heavy atom. The molecule has 1 atom stereocenters. The van der Waals surface area contributed by atoms with E-state index in [-0.39, 0.29) is 12.5 Å². The smallest absolute Gasteiger partial charge is 0.416 e. The molecule has 3 aromatic rings. The van der Waals surface area contributed by atoms with Gasteiger partial charge < -0.3 is 15.2 Å². The number of pyridine rings is 1. The second-order valence-corrected chi connectivity index (χ2v) is 6.60. The number of carbonyl (C=O) groups excluding carboxylic acids is 1. The standard InChI is InChI=1S/C21H19F3N2O3/c1-12(11-27)26-20(28)15-7-14-8-17(29-2)9-18(19(14)25-10-15)13-3-5-16(6-4-13)21(22,23)24/h3-10,12,27H,11H2,1-2H3,(H,26,28)/t12-/m1/s1. The van der Waals surface area contributed by atoms with Crippen molar-refractivity contribution in [3.8, 4) is 16.9 Å². The third-order valence-corrected chi connectivity index (χ3v) is 4.43. The third kappa shape index (κ3) is 4.48. The maximum absolute atomic E-state index is 12.8. The molecule has 0 saturated heterocycles. The number of aliphatic hydroxyl groups is 1. The number of methoxy groups -OCH3 is 1. The fourth-order valence-corrected chi connectivity index (χ4v) is 2.88. The van der Waals surface area contributed by atoms with Crippen LogP contribution >= 0.6 is 0 Å². The highest BCUT2D eigenvalue weighted by atomic mass is 19.4. The molecule has 5 nitrogen and oxygen atoms in total. The number of hydrogen-bond donors (Lipinski definition) is 2. The van der Waals surface area contributed by atoms with Crippen LogP contribution in [0.2, 0.25) is 0 Å². The molecule has 0 spiro atoms. The normalized spacial score (nSPS) is 12.6. The Labute approximate surface area is 165 Å². The third-order valence-electron chi connectivity index (χ3n) is 4.43. The molecule has 152 valence electrons. The first-order chi connectivity index (χ1) is 13.7. The first-order valence-electron chi connectivity index (χ1n) is 8.80. The van der Waals surface area contributed by atoms with E-state index in [1.165, 1.54) is 25.4 Å². The lowest BCUT2D eigenvalue weighted by atomic mass is 9.99. The second-order valence-electron chi connectivity index (χ2n) is 6.60. The number of ether oxygens (including phenoxy) is 1. The second kappa shape index (κ2) is 8.08. The summed E-state index contributed by atoms with van der Waals surface area (Å²) in [5, 5.41) is 12.3. The molecular formula is C21H19F3N2O3. The molecule has 0 aliphatic heterocycles. The van der Waals surface area contributed by atoms with Gasteiger partial charge in [-0.15, -0.1) is 0 Å². The lowest BCUT2D eigenvalue weighted by Gasteiger charge is -2.13. The van der Waals surface area contributed by atoms with Gasteiger partial charge in [0.05, 0.1) is 30.4 Å². The van der Waals surface area contributed by atoms with Crippen LogP contribution in [-0.2, 0) is 6.18 Å². The van der Waals surface area contributed by atoms with Crippen molar-refractivity contribution in [1.82, 2.24) is 10.3 Å². The highest BCUT2D eigenvalue weighted by Gasteiger charge is 2.30. The summed E-state index contributed by atoms with van der Waals surface area (Å²) in [5.41, 5.74) is 1.21. The average molecular weight is 404 g/mol. The van der Waals surface area contributed by atoms with Crippen LogP contribution in [0.3, 0.4) is 0 Å². The number of fused-ring (bicyclic) bond motifs is 1. The Hall–Kier alpha value is -3.13. The summed E-state index contributed by atoms with van der Waals surface area (Å²) in [6, 6.07) is 9.37. The molecule has 8 heteroatoms. The van der Waals surface area contributed by atoms with Gasteiger partial charge in [0.25, 0.3) is 5.91 Å². The fraction of sp³-hybridized carbons (Fsp3) is 0.238. The van der Waals surface area contributed by atoms with Gasteiger partial charge in [-0.05, 0) is 42.8 Å². The topological polar surface area (TPSA) is 71.5 Å². The van der Waals surface area contributed by atoms with E-state index >= 15 is 0 Å². The summed E-state index contributed by atoms with van der Waals surface area (Å²) in [6.45, 7) is 1.47. The zero-order valence-electron chi connectivity index (χ0n) is 15.7. The van der Waals surface area contributed by atoms with E-state index < -0.39 is 17.8 Å². The number of rotatable bonds is 5. The number of halogens is 3. The van der Waals surface area contributed by atoms with Crippen molar-refractivity contribution in [3.05, 3.63) is 59.8 Å². The van der Waals surface area contributed by atoms with E-state index in [2.05, 4.69) is 10.3 Å². The Morgan fingerprint density at radius 3 is 2.48 bits per heavy atom. The number of benzene rings is 2. The Balaban J connectivity index is 2.07. The number of nitrogens with zero attached hydrogens (tertiary/aromatic N) is 1. The fourth-order valence-electron chi connectivity index (χ4n) is 2.88. The quantitative estimate of drug-likeness (QED) is 0.673. The van der Waals surface area contributed by atoms with E-state index in [0.717, 1.165) is 12.1 Å². The monoisotopic (exact) mass is 404 g/mol. The summed E-state index contributed by atoms with van der Waals surface area (Å²) in [7, 11) is 1.48. The minimum absolute atomic E-state index is 0.196. The predicted molar refractivity (Wildman–Crippen MR) is 103 cm³/mol. The van der Waals surface area contributed by atoms with Crippen molar-refractivity contribution in [3.63, 3.8) is 0 Å². The molecule has 1 amide bonds. The molecule has 0 fully saturated rings. The number of hydrogen-bond acceptors (Lipinski definition) is 4. The van der Waals surface area contributed by atoms with Gasteiger partial charge in [0, 0.05) is 23.2 Å². The summed E-state index contributed by atoms with van der Waals surface area (Å²) in [4.78, 5) is 16.7. The van der Waals surface area contributed by atoms with E-state index in [0.29, 0.717) is 33.3 Å². The van der Waals surface area contributed by atoms with Crippen LogP contribution < -0.4 is 10.1 Å². The molecule has 1 heterocycles. The highest BCUT2D eigenvalue weighted by Crippen LogP contribution is 2.35. The highest BCUT2D eigenvalue weighted by molar-refractivity contribution is 6.01. The molecule has 0 radical (unpaired) electrons. The molecule has 0 aliphatic carbocycles. The van der Waals surface area contributed by atoms with Crippen molar-refractivity contribution in [2.24, 2.45) is 0 Å². The first kappa shape index (κ1) is 20.6. The minimum atomic E-state index is -4.42. The number of nitrogens with one attached hydrogen (secondary N) is 1. The molecule has 29 heavy (non-hydrogen) atoms. The van der Waals surface area contributed by atoms with E-state index in [1.54, 1.807) is 25.1 Å². The summed E-state index contributed by atoms with van der Waals surface area (Å²) >= 11 is 0. The van der Waals surface area contributed by atoms with Crippen LogP contribution in [0.5, 0.6) is 5.75 Å². The number of aliphatic hydroxyl groups excluding tert-OH is 1. The molecule has 0 aliphatic rings. The Morgan fingerprint density at radius 1 is 1.21 bits per heavy atom. The van der Waals surface area contributed by atoms with Gasteiger partial charge >= 0.3 is 6.18 Å². The van der Waals surface area contributed by atoms with Gasteiger partial charge in [-0.25, -0.2) is 0 Å². The van der Waals surface area contributed by atoms with Crippen molar-refractivity contribution >= 4 is 16.8 Å². The van der Waals surface area contributed by atoms with Crippen LogP contribution in [0.25, 0.3) is 22.0 Å². The van der Waals surface area contributed by atoms with Crippen molar-refractivity contribution < 1.29 is 27.8 Å². The average Bonchev–Trinajstić information content (AvgIpc) is 2.71. The number of amides is 1. The molecule has 0 bridgehead atoms. The maximum Gasteiger partial charge on any atom is 0.416 e. The Kier molecular flexibility index (Phi) is 5.74. The SMILES string of the molecule is COc1cc(-c2ccc(C(F)(F)F)cc2)c2ncc(C(=O)N[C@H](C)CO)cc2c1. The van der Waals surface area contributed by atoms with Crippen LogP contribution in [0.15, 0.2) is 48.7 Å². The van der Waals surface area contributed by atoms with Gasteiger partial charge in [-0.3, -0.25) is 9.78 Å². The van der Waals surface area contributed by atoms with Gasteiger partial charge in [-0.1, -0.05) is 12.1 Å². The van der Waals surface area contributed by atoms with Crippen LogP contribution in [-0.4, -0.2) is 35.8 Å². The molecule has 2 N–H and O–H groups in total. The number of alkyl halides is 3. The molecule has 0 saturated carbocycles. The molecule has 1 aromatic heterocycles. The number of aromatic nitrogens is 1. The van der Waals surface area contributed by atoms with Crippen molar-refractivity contribution in [2.75, 3.05) is 13.7 Å². The van der Waals surface area contributed by atoms with Gasteiger partial charge in [0.2, 0.25) is 0 Å². The summed E-state index contributed by atoms with van der Waals surface area (Å²) in [6.07, 6.45) is -3.02. The predicted octanol–water partition coefficient (Wildman–Crippen LogP) is 4.04. The number of carbonyl (C=O) groups is 1. The summed E-state index contributed by atoms with van der Waals surface area (Å²) < 4.78 is 43.8. The molecule has 0 unspecified atom stereocenters. The van der Waals surface area contributed by atoms with Gasteiger partial charge in [-0.2, -0.15) is 13.2 Å². The van der Waals surface area contributed by atoms with E-state index in [9.17, 15) is 18.0 Å². The van der Waals surface area contributed by atoms with Crippen LogP contribution in [0.1, 0.15) is 22.8 Å². The zero-order chi connectivity index (χ0) is 21.2. The zero-order valence-corrected chi connectivity index (χ0v) is 15.7. The van der Waals surface area contributed by atoms with E-state index in [4.69, 9.17) is 9.84 Å². The molecular weight excluding hydrogens is 385 g/mol. The van der Waals surface area contributed by atoms with Crippen LogP contribution in [0, 0.1) is 0 Å². The van der Waals surface area contributed by atoms with Crippen molar-refractivity contribution in [1.29, 1.82) is 0 Å². The summed E-state index contributed by atoms with van der Waals surface area (Å²) in [5.74, 6) is 0.0929.